The highest BCUT2D eigenvalue weighted by molar-refractivity contribution is 5.86. The van der Waals surface area contributed by atoms with E-state index < -0.39 is 6.04 Å². The summed E-state index contributed by atoms with van der Waals surface area (Å²) in [6, 6.07) is 9.67. The number of aromatic nitrogens is 4. The van der Waals surface area contributed by atoms with Gasteiger partial charge in [0.25, 0.3) is 0 Å². The van der Waals surface area contributed by atoms with Crippen molar-refractivity contribution in [2.75, 3.05) is 36.4 Å². The third-order valence-corrected chi connectivity index (χ3v) is 5.89. The highest BCUT2D eigenvalue weighted by atomic mass is 19.1. The van der Waals surface area contributed by atoms with E-state index in [0.717, 1.165) is 24.3 Å². The van der Waals surface area contributed by atoms with E-state index in [1.165, 1.54) is 12.1 Å². The van der Waals surface area contributed by atoms with Crippen LogP contribution in [-0.4, -0.2) is 62.4 Å². The number of carbonyl (C=O) groups is 1. The molecular formula is C24H24FN7O. The van der Waals surface area contributed by atoms with Gasteiger partial charge in [-0.05, 0) is 43.3 Å². The number of rotatable bonds is 5. The van der Waals surface area contributed by atoms with Crippen LogP contribution in [0.3, 0.4) is 0 Å². The van der Waals surface area contributed by atoms with E-state index in [1.54, 1.807) is 43.1 Å². The fourth-order valence-electron chi connectivity index (χ4n) is 4.13. The molecule has 1 amide bonds. The van der Waals surface area contributed by atoms with Crippen molar-refractivity contribution in [1.82, 2.24) is 24.3 Å². The number of imidazole rings is 1. The zero-order chi connectivity index (χ0) is 22.8. The maximum absolute atomic E-state index is 13.5. The summed E-state index contributed by atoms with van der Waals surface area (Å²) < 4.78 is 15.3. The molecule has 1 fully saturated rings. The normalized spacial score (nSPS) is 15.0. The lowest BCUT2D eigenvalue weighted by Gasteiger charge is -2.37. The van der Waals surface area contributed by atoms with E-state index in [1.807, 2.05) is 28.4 Å². The van der Waals surface area contributed by atoms with Gasteiger partial charge < -0.3 is 15.1 Å². The van der Waals surface area contributed by atoms with Gasteiger partial charge in [-0.2, -0.15) is 0 Å². The summed E-state index contributed by atoms with van der Waals surface area (Å²) >= 11 is 0. The first-order valence-corrected chi connectivity index (χ1v) is 10.9. The molecule has 0 aliphatic carbocycles. The molecule has 1 aromatic carbocycles. The molecule has 1 atom stereocenters. The Balaban J connectivity index is 1.34. The Hall–Kier alpha value is -4.01. The molecule has 0 spiro atoms. The molecular weight excluding hydrogens is 421 g/mol. The molecule has 1 N–H and O–H groups in total. The Kier molecular flexibility index (Phi) is 5.60. The lowest BCUT2D eigenvalue weighted by Crippen LogP contribution is -2.52. The topological polar surface area (TPSA) is 78.7 Å². The van der Waals surface area contributed by atoms with Gasteiger partial charge >= 0.3 is 0 Å². The Morgan fingerprint density at radius 1 is 1.00 bits per heavy atom. The largest absolute Gasteiger partial charge is 0.368 e. The number of amides is 1. The van der Waals surface area contributed by atoms with Crippen LogP contribution in [0.15, 0.2) is 67.4 Å². The minimum atomic E-state index is -0.468. The average molecular weight is 446 g/mol. The number of benzene rings is 1. The summed E-state index contributed by atoms with van der Waals surface area (Å²) in [6.45, 7) is 4.69. The lowest BCUT2D eigenvalue weighted by atomic mass is 10.1. The minimum absolute atomic E-state index is 0.0263. The number of piperazine rings is 1. The summed E-state index contributed by atoms with van der Waals surface area (Å²) in [6.07, 6.45) is 8.68. The Morgan fingerprint density at radius 3 is 2.45 bits per heavy atom. The Bertz CT molecular complexity index is 1250. The quantitative estimate of drug-likeness (QED) is 0.509. The second kappa shape index (κ2) is 8.85. The molecule has 1 aliphatic heterocycles. The van der Waals surface area contributed by atoms with Gasteiger partial charge in [-0.25, -0.2) is 9.37 Å². The molecule has 4 heterocycles. The van der Waals surface area contributed by atoms with Crippen LogP contribution in [0.25, 0.3) is 16.9 Å². The fraction of sp³-hybridized carbons (Fsp3) is 0.250. The third-order valence-electron chi connectivity index (χ3n) is 5.89. The first-order chi connectivity index (χ1) is 16.1. The zero-order valence-electron chi connectivity index (χ0n) is 18.2. The van der Waals surface area contributed by atoms with Crippen LogP contribution in [0.2, 0.25) is 0 Å². The number of halogens is 1. The average Bonchev–Trinajstić information content (AvgIpc) is 3.23. The molecule has 1 saturated heterocycles. The maximum atomic E-state index is 13.5. The van der Waals surface area contributed by atoms with Gasteiger partial charge in [-0.1, -0.05) is 0 Å². The minimum Gasteiger partial charge on any atom is -0.368 e. The number of nitrogens with zero attached hydrogens (tertiary/aromatic N) is 6. The monoisotopic (exact) mass is 445 g/mol. The summed E-state index contributed by atoms with van der Waals surface area (Å²) in [5.41, 5.74) is 3.16. The molecule has 9 heteroatoms. The van der Waals surface area contributed by atoms with Crippen molar-refractivity contribution in [3.05, 3.63) is 73.2 Å². The van der Waals surface area contributed by atoms with Gasteiger partial charge in [0.2, 0.25) is 5.91 Å². The first-order valence-electron chi connectivity index (χ1n) is 10.9. The van der Waals surface area contributed by atoms with Crippen molar-refractivity contribution in [3.8, 4) is 11.3 Å². The van der Waals surface area contributed by atoms with Crippen LogP contribution in [0.5, 0.6) is 0 Å². The van der Waals surface area contributed by atoms with Gasteiger partial charge in [0.05, 0.1) is 6.20 Å². The molecule has 0 saturated carbocycles. The standard InChI is InChI=1S/C24H24FN7O/c1-17(24(33)31-14-12-30(13-15-31)20-6-8-26-9-7-20)28-23-22(18-2-4-19(25)5-3-18)29-21-16-27-10-11-32(21)23/h2-11,16-17,28H,12-15H2,1H3. The molecule has 4 aromatic rings. The molecule has 5 rings (SSSR count). The molecule has 3 aromatic heterocycles. The van der Waals surface area contributed by atoms with Crippen LogP contribution >= 0.6 is 0 Å². The van der Waals surface area contributed by atoms with E-state index in [4.69, 9.17) is 0 Å². The molecule has 1 aliphatic rings. The number of hydrogen-bond acceptors (Lipinski definition) is 6. The van der Waals surface area contributed by atoms with Gasteiger partial charge in [0.15, 0.2) is 5.65 Å². The van der Waals surface area contributed by atoms with Crippen LogP contribution in [-0.2, 0) is 4.79 Å². The van der Waals surface area contributed by atoms with Gasteiger partial charge in [-0.15, -0.1) is 0 Å². The van der Waals surface area contributed by atoms with Crippen LogP contribution in [0.1, 0.15) is 6.92 Å². The second-order valence-corrected chi connectivity index (χ2v) is 8.00. The number of carbonyl (C=O) groups excluding carboxylic acids is 1. The van der Waals surface area contributed by atoms with Crippen LogP contribution < -0.4 is 10.2 Å². The van der Waals surface area contributed by atoms with E-state index in [-0.39, 0.29) is 11.7 Å². The maximum Gasteiger partial charge on any atom is 0.244 e. The van der Waals surface area contributed by atoms with Crippen molar-refractivity contribution >= 4 is 23.1 Å². The zero-order valence-corrected chi connectivity index (χ0v) is 18.2. The fourth-order valence-corrected chi connectivity index (χ4v) is 4.13. The van der Waals surface area contributed by atoms with Gasteiger partial charge in [-0.3, -0.25) is 19.2 Å². The number of pyridine rings is 1. The predicted molar refractivity (Wildman–Crippen MR) is 124 cm³/mol. The highest BCUT2D eigenvalue weighted by Gasteiger charge is 2.27. The van der Waals surface area contributed by atoms with Crippen LogP contribution in [0.4, 0.5) is 15.9 Å². The van der Waals surface area contributed by atoms with Crippen molar-refractivity contribution in [3.63, 3.8) is 0 Å². The molecule has 1 unspecified atom stereocenters. The second-order valence-electron chi connectivity index (χ2n) is 8.00. The summed E-state index contributed by atoms with van der Waals surface area (Å²) in [4.78, 5) is 30.3. The summed E-state index contributed by atoms with van der Waals surface area (Å²) in [5.74, 6) is 0.391. The Morgan fingerprint density at radius 2 is 1.73 bits per heavy atom. The van der Waals surface area contributed by atoms with Gasteiger partial charge in [0, 0.05) is 62.2 Å². The molecule has 0 bridgehead atoms. The van der Waals surface area contributed by atoms with Crippen LogP contribution in [0, 0.1) is 5.82 Å². The Labute approximate surface area is 190 Å². The highest BCUT2D eigenvalue weighted by Crippen LogP contribution is 2.29. The smallest absolute Gasteiger partial charge is 0.244 e. The van der Waals surface area contributed by atoms with Crippen molar-refractivity contribution in [2.45, 2.75) is 13.0 Å². The van der Waals surface area contributed by atoms with E-state index in [9.17, 15) is 9.18 Å². The summed E-state index contributed by atoms with van der Waals surface area (Å²) in [5, 5.41) is 3.35. The molecule has 8 nitrogen and oxygen atoms in total. The number of hydrogen-bond donors (Lipinski definition) is 1. The predicted octanol–water partition coefficient (Wildman–Crippen LogP) is 3.08. The lowest BCUT2D eigenvalue weighted by molar-refractivity contribution is -0.131. The van der Waals surface area contributed by atoms with E-state index in [0.29, 0.717) is 30.2 Å². The SMILES string of the molecule is CC(Nc1c(-c2ccc(F)cc2)nc2cnccn12)C(=O)N1CCN(c2ccncc2)CC1. The molecule has 0 radical (unpaired) electrons. The first kappa shape index (κ1) is 20.9. The van der Waals surface area contributed by atoms with E-state index in [2.05, 4.69) is 25.2 Å². The van der Waals surface area contributed by atoms with Crippen molar-refractivity contribution in [2.24, 2.45) is 0 Å². The number of nitrogens with one attached hydrogen (secondary N) is 1. The summed E-state index contributed by atoms with van der Waals surface area (Å²) in [7, 11) is 0. The van der Waals surface area contributed by atoms with E-state index >= 15 is 0 Å². The third kappa shape index (κ3) is 4.21. The van der Waals surface area contributed by atoms with Crippen molar-refractivity contribution < 1.29 is 9.18 Å². The van der Waals surface area contributed by atoms with Crippen molar-refractivity contribution in [1.29, 1.82) is 0 Å². The molecule has 168 valence electrons. The number of fused-ring (bicyclic) bond motifs is 1. The number of anilines is 2. The van der Waals surface area contributed by atoms with Gasteiger partial charge in [0.1, 0.15) is 23.4 Å². The molecule has 33 heavy (non-hydrogen) atoms.